The molecule has 0 saturated heterocycles. The Morgan fingerprint density at radius 1 is 1.50 bits per heavy atom. The number of hydrogen-bond acceptors (Lipinski definition) is 4. The molecule has 5 nitrogen and oxygen atoms in total. The topological polar surface area (TPSA) is 56.1 Å². The van der Waals surface area contributed by atoms with E-state index in [2.05, 4.69) is 17.3 Å². The monoisotopic (exact) mass is 253 g/mol. The van der Waals surface area contributed by atoms with Gasteiger partial charge in [0.25, 0.3) is 0 Å². The highest BCUT2D eigenvalue weighted by Gasteiger charge is 2.24. The van der Waals surface area contributed by atoms with E-state index in [9.17, 15) is 4.79 Å². The molecule has 0 bridgehead atoms. The molecule has 1 N–H and O–H groups in total. The van der Waals surface area contributed by atoms with Gasteiger partial charge in [0.1, 0.15) is 6.04 Å². The lowest BCUT2D eigenvalue weighted by atomic mass is 10.1. The molecule has 0 amide bonds. The van der Waals surface area contributed by atoms with Crippen molar-refractivity contribution in [1.82, 2.24) is 15.1 Å². The molecule has 102 valence electrons. The number of aromatic nitrogens is 2. The number of methoxy groups -OCH3 is 1. The van der Waals surface area contributed by atoms with Crippen LogP contribution < -0.4 is 5.32 Å². The van der Waals surface area contributed by atoms with Crippen molar-refractivity contribution in [2.75, 3.05) is 7.11 Å². The molecule has 0 fully saturated rings. The van der Waals surface area contributed by atoms with Gasteiger partial charge in [0.15, 0.2) is 0 Å². The van der Waals surface area contributed by atoms with E-state index in [0.717, 1.165) is 12.0 Å². The van der Waals surface area contributed by atoms with Gasteiger partial charge in [-0.3, -0.25) is 10.00 Å². The van der Waals surface area contributed by atoms with E-state index in [1.54, 1.807) is 6.20 Å². The highest BCUT2D eigenvalue weighted by atomic mass is 16.5. The van der Waals surface area contributed by atoms with Gasteiger partial charge in [-0.2, -0.15) is 5.10 Å². The third-order valence-electron chi connectivity index (χ3n) is 2.98. The molecule has 0 aromatic carbocycles. The first kappa shape index (κ1) is 14.7. The van der Waals surface area contributed by atoms with Gasteiger partial charge in [-0.25, -0.2) is 4.79 Å². The van der Waals surface area contributed by atoms with Crippen LogP contribution in [0.5, 0.6) is 0 Å². The number of carbonyl (C=O) groups excluding carboxylic acids is 1. The summed E-state index contributed by atoms with van der Waals surface area (Å²) in [4.78, 5) is 11.8. The Kier molecular flexibility index (Phi) is 5.34. The Morgan fingerprint density at radius 3 is 2.61 bits per heavy atom. The summed E-state index contributed by atoms with van der Waals surface area (Å²) in [5.74, 6) is -0.279. The van der Waals surface area contributed by atoms with Crippen LogP contribution in [-0.2, 0) is 9.53 Å². The van der Waals surface area contributed by atoms with Gasteiger partial charge in [-0.05, 0) is 27.2 Å². The molecule has 18 heavy (non-hydrogen) atoms. The van der Waals surface area contributed by atoms with E-state index in [4.69, 9.17) is 4.74 Å². The predicted octanol–water partition coefficient (Wildman–Crippen LogP) is 2.07. The van der Waals surface area contributed by atoms with Gasteiger partial charge in [0.2, 0.25) is 0 Å². The van der Waals surface area contributed by atoms with Crippen LogP contribution >= 0.6 is 0 Å². The average molecular weight is 253 g/mol. The molecule has 2 unspecified atom stereocenters. The highest BCUT2D eigenvalue weighted by molar-refractivity contribution is 5.77. The van der Waals surface area contributed by atoms with Crippen LogP contribution in [0.1, 0.15) is 51.8 Å². The van der Waals surface area contributed by atoms with Crippen LogP contribution in [0.15, 0.2) is 12.4 Å². The SMILES string of the molecule is CCC(C)NC(C(=O)OC)c1cnn(C(C)C)c1. The third-order valence-corrected chi connectivity index (χ3v) is 2.98. The lowest BCUT2D eigenvalue weighted by molar-refractivity contribution is -0.143. The Balaban J connectivity index is 2.90. The predicted molar refractivity (Wildman–Crippen MR) is 70.3 cm³/mol. The van der Waals surface area contributed by atoms with Crippen molar-refractivity contribution in [3.63, 3.8) is 0 Å². The molecule has 1 aromatic rings. The van der Waals surface area contributed by atoms with Gasteiger partial charge in [-0.1, -0.05) is 6.92 Å². The van der Waals surface area contributed by atoms with E-state index < -0.39 is 6.04 Å². The molecule has 0 saturated carbocycles. The van der Waals surface area contributed by atoms with Gasteiger partial charge >= 0.3 is 5.97 Å². The standard InChI is InChI=1S/C13H23N3O2/c1-6-10(4)15-12(13(17)18-5)11-7-14-16(8-11)9(2)3/h7-10,12,15H,6H2,1-5H3. The fraction of sp³-hybridized carbons (Fsp3) is 0.692. The minimum Gasteiger partial charge on any atom is -0.468 e. The molecule has 1 aromatic heterocycles. The van der Waals surface area contributed by atoms with E-state index in [1.807, 2.05) is 31.6 Å². The molecule has 1 rings (SSSR count). The second-order valence-corrected chi connectivity index (χ2v) is 4.78. The first-order chi connectivity index (χ1) is 8.49. The van der Waals surface area contributed by atoms with Crippen molar-refractivity contribution in [3.8, 4) is 0 Å². The fourth-order valence-corrected chi connectivity index (χ4v) is 1.60. The van der Waals surface area contributed by atoms with Crippen molar-refractivity contribution < 1.29 is 9.53 Å². The number of carbonyl (C=O) groups is 1. The van der Waals surface area contributed by atoms with Crippen molar-refractivity contribution in [1.29, 1.82) is 0 Å². The molecule has 0 aliphatic rings. The minimum atomic E-state index is -0.447. The second-order valence-electron chi connectivity index (χ2n) is 4.78. The lowest BCUT2D eigenvalue weighted by Gasteiger charge is -2.19. The number of hydrogen-bond donors (Lipinski definition) is 1. The largest absolute Gasteiger partial charge is 0.468 e. The molecular formula is C13H23N3O2. The number of esters is 1. The summed E-state index contributed by atoms with van der Waals surface area (Å²) in [7, 11) is 1.40. The fourth-order valence-electron chi connectivity index (χ4n) is 1.60. The zero-order chi connectivity index (χ0) is 13.7. The molecule has 5 heteroatoms. The van der Waals surface area contributed by atoms with Crippen LogP contribution in [0.4, 0.5) is 0 Å². The second kappa shape index (κ2) is 6.54. The molecule has 0 radical (unpaired) electrons. The number of ether oxygens (including phenoxy) is 1. The molecule has 0 spiro atoms. The minimum absolute atomic E-state index is 0.247. The maximum absolute atomic E-state index is 11.8. The summed E-state index contributed by atoms with van der Waals surface area (Å²) in [6, 6.07) is 0.0783. The molecule has 1 heterocycles. The van der Waals surface area contributed by atoms with Crippen LogP contribution in [0, 0.1) is 0 Å². The Bertz CT molecular complexity index is 387. The van der Waals surface area contributed by atoms with Crippen LogP contribution in [0.25, 0.3) is 0 Å². The number of nitrogens with one attached hydrogen (secondary N) is 1. The Labute approximate surface area is 109 Å². The molecule has 2 atom stereocenters. The summed E-state index contributed by atoms with van der Waals surface area (Å²) in [6.07, 6.45) is 4.56. The highest BCUT2D eigenvalue weighted by Crippen LogP contribution is 2.17. The van der Waals surface area contributed by atoms with Gasteiger partial charge in [-0.15, -0.1) is 0 Å². The van der Waals surface area contributed by atoms with Gasteiger partial charge in [0.05, 0.1) is 13.3 Å². The van der Waals surface area contributed by atoms with E-state index >= 15 is 0 Å². The lowest BCUT2D eigenvalue weighted by Crippen LogP contribution is -2.35. The molecule has 0 aliphatic carbocycles. The summed E-state index contributed by atoms with van der Waals surface area (Å²) in [5, 5.41) is 7.51. The van der Waals surface area contributed by atoms with Crippen LogP contribution in [0.3, 0.4) is 0 Å². The summed E-state index contributed by atoms with van der Waals surface area (Å²) in [5.41, 5.74) is 0.843. The van der Waals surface area contributed by atoms with E-state index in [1.165, 1.54) is 7.11 Å². The molecular weight excluding hydrogens is 230 g/mol. The van der Waals surface area contributed by atoms with Crippen molar-refractivity contribution in [2.24, 2.45) is 0 Å². The number of rotatable bonds is 6. The zero-order valence-corrected chi connectivity index (χ0v) is 11.8. The zero-order valence-electron chi connectivity index (χ0n) is 11.8. The van der Waals surface area contributed by atoms with E-state index in [0.29, 0.717) is 0 Å². The third kappa shape index (κ3) is 3.57. The van der Waals surface area contributed by atoms with E-state index in [-0.39, 0.29) is 18.1 Å². The van der Waals surface area contributed by atoms with Crippen LogP contribution in [0.2, 0.25) is 0 Å². The smallest absolute Gasteiger partial charge is 0.327 e. The van der Waals surface area contributed by atoms with Crippen molar-refractivity contribution in [3.05, 3.63) is 18.0 Å². The maximum Gasteiger partial charge on any atom is 0.327 e. The normalized spacial score (nSPS) is 14.6. The Hall–Kier alpha value is -1.36. The summed E-state index contributed by atoms with van der Waals surface area (Å²) >= 11 is 0. The first-order valence-corrected chi connectivity index (χ1v) is 6.37. The quantitative estimate of drug-likeness (QED) is 0.788. The van der Waals surface area contributed by atoms with Crippen molar-refractivity contribution in [2.45, 2.75) is 52.2 Å². The van der Waals surface area contributed by atoms with Crippen LogP contribution in [-0.4, -0.2) is 28.9 Å². The van der Waals surface area contributed by atoms with Gasteiger partial charge < -0.3 is 4.74 Å². The first-order valence-electron chi connectivity index (χ1n) is 6.37. The average Bonchev–Trinajstić information content (AvgIpc) is 2.84. The molecule has 0 aliphatic heterocycles. The summed E-state index contributed by atoms with van der Waals surface area (Å²) in [6.45, 7) is 8.21. The van der Waals surface area contributed by atoms with Crippen molar-refractivity contribution >= 4 is 5.97 Å². The maximum atomic E-state index is 11.8. The Morgan fingerprint density at radius 2 is 2.17 bits per heavy atom. The van der Waals surface area contributed by atoms with Gasteiger partial charge in [0, 0.05) is 23.8 Å². The summed E-state index contributed by atoms with van der Waals surface area (Å²) < 4.78 is 6.68. The number of nitrogens with zero attached hydrogens (tertiary/aromatic N) is 2.